The van der Waals surface area contributed by atoms with Gasteiger partial charge in [0.1, 0.15) is 29.4 Å². The number of nitrogens with zero attached hydrogens (tertiary/aromatic N) is 3. The molecule has 2 amide bonds. The molecule has 32 heavy (non-hydrogen) atoms. The van der Waals surface area contributed by atoms with E-state index >= 15 is 0 Å². The summed E-state index contributed by atoms with van der Waals surface area (Å²) in [5, 5.41) is 17.1. The van der Waals surface area contributed by atoms with E-state index in [1.54, 1.807) is 13.3 Å². The number of thiazole rings is 1. The predicted molar refractivity (Wildman–Crippen MR) is 123 cm³/mol. The molecule has 0 saturated carbocycles. The van der Waals surface area contributed by atoms with Gasteiger partial charge in [-0.2, -0.15) is 0 Å². The van der Waals surface area contributed by atoms with Crippen LogP contribution in [0.4, 0.5) is 5.13 Å². The molecule has 0 unspecified atom stereocenters. The molecule has 2 aliphatic heterocycles. The van der Waals surface area contributed by atoms with E-state index in [0.29, 0.717) is 11.3 Å². The maximum atomic E-state index is 12.9. The number of amides is 2. The van der Waals surface area contributed by atoms with Gasteiger partial charge in [0.25, 0.3) is 11.8 Å². The topological polar surface area (TPSA) is 164 Å². The minimum atomic E-state index is -2.32. The summed E-state index contributed by atoms with van der Waals surface area (Å²) in [4.78, 5) is 47.6. The Hall–Kier alpha value is -2.63. The van der Waals surface area contributed by atoms with E-state index in [0.717, 1.165) is 16.2 Å². The highest BCUT2D eigenvalue weighted by atomic mass is 32.2. The number of anilines is 1. The normalized spacial score (nSPS) is 21.0. The molecule has 0 aliphatic carbocycles. The zero-order chi connectivity index (χ0) is 23.6. The van der Waals surface area contributed by atoms with Gasteiger partial charge < -0.3 is 25.6 Å². The van der Waals surface area contributed by atoms with E-state index in [-0.39, 0.29) is 35.0 Å². The van der Waals surface area contributed by atoms with Gasteiger partial charge in [0.15, 0.2) is 10.8 Å². The average Bonchev–Trinajstić information content (AvgIpc) is 3.15. The van der Waals surface area contributed by atoms with Crippen LogP contribution in [-0.2, 0) is 23.8 Å². The van der Waals surface area contributed by atoms with Crippen molar-refractivity contribution < 1.29 is 28.9 Å². The Kier molecular flexibility index (Phi) is 7.11. The average molecular weight is 500 g/mol. The Morgan fingerprint density at radius 1 is 1.53 bits per heavy atom. The largest absolute Gasteiger partial charge is 0.477 e. The summed E-state index contributed by atoms with van der Waals surface area (Å²) in [6.07, 6.45) is 1.68. The number of carbonyl (C=O) groups excluding carboxylic acids is 2. The fraction of sp³-hybridized carbons (Fsp3) is 0.389. The summed E-state index contributed by atoms with van der Waals surface area (Å²) < 4.78 is 11.8. The number of aliphatic carboxylic acids is 1. The number of rotatable bonds is 9. The summed E-state index contributed by atoms with van der Waals surface area (Å²) in [7, 11) is -2.32. The Bertz CT molecular complexity index is 1080. The fourth-order valence-electron chi connectivity index (χ4n) is 2.98. The molecule has 1 saturated heterocycles. The van der Waals surface area contributed by atoms with E-state index in [1.165, 1.54) is 23.2 Å². The van der Waals surface area contributed by atoms with Crippen molar-refractivity contribution in [3.05, 3.63) is 35.0 Å². The van der Waals surface area contributed by atoms with Crippen LogP contribution in [0.25, 0.3) is 0 Å². The molecule has 14 heteroatoms. The summed E-state index contributed by atoms with van der Waals surface area (Å²) >= 11 is 2.42. The van der Waals surface area contributed by atoms with Gasteiger partial charge in [-0.25, -0.2) is 9.78 Å². The second-order valence-electron chi connectivity index (χ2n) is 7.39. The van der Waals surface area contributed by atoms with Gasteiger partial charge in [-0.3, -0.25) is 14.5 Å². The zero-order valence-corrected chi connectivity index (χ0v) is 19.8. The van der Waals surface area contributed by atoms with Gasteiger partial charge in [0, 0.05) is 17.3 Å². The molecule has 3 rings (SSSR count). The van der Waals surface area contributed by atoms with Crippen molar-refractivity contribution in [1.29, 1.82) is 0 Å². The first-order valence-electron chi connectivity index (χ1n) is 9.33. The second kappa shape index (κ2) is 9.47. The highest BCUT2D eigenvalue weighted by Crippen LogP contribution is 2.40. The number of β-lactam (4-membered cyclic amide) rings is 1. The summed E-state index contributed by atoms with van der Waals surface area (Å²) in [5.41, 5.74) is 5.94. The van der Waals surface area contributed by atoms with E-state index in [9.17, 15) is 24.1 Å². The fourth-order valence-corrected chi connectivity index (χ4v) is 5.39. The molecular weight excluding hydrogens is 477 g/mol. The zero-order valence-electron chi connectivity index (χ0n) is 17.3. The maximum absolute atomic E-state index is 12.9. The van der Waals surface area contributed by atoms with Crippen LogP contribution in [0, 0.1) is 0 Å². The Morgan fingerprint density at radius 2 is 2.25 bits per heavy atom. The van der Waals surface area contributed by atoms with Gasteiger partial charge in [-0.05, 0) is 18.9 Å². The molecule has 0 bridgehead atoms. The van der Waals surface area contributed by atoms with Crippen molar-refractivity contribution in [3.8, 4) is 0 Å². The van der Waals surface area contributed by atoms with Crippen molar-refractivity contribution in [2.45, 2.75) is 11.4 Å². The van der Waals surface area contributed by atoms with E-state index in [4.69, 9.17) is 10.6 Å². The molecule has 4 N–H and O–H groups in total. The number of hydrogen-bond donors (Lipinski definition) is 3. The minimum absolute atomic E-state index is 0.0341. The van der Waals surface area contributed by atoms with Crippen LogP contribution >= 0.6 is 30.2 Å². The minimum Gasteiger partial charge on any atom is -0.477 e. The number of aromatic nitrogens is 1. The first-order chi connectivity index (χ1) is 15.0. The van der Waals surface area contributed by atoms with Crippen molar-refractivity contribution in [2.75, 3.05) is 37.6 Å². The highest BCUT2D eigenvalue weighted by Gasteiger charge is 2.54. The predicted octanol–water partition coefficient (Wildman–Crippen LogP) is 0.993. The second-order valence-corrected chi connectivity index (χ2v) is 13.0. The summed E-state index contributed by atoms with van der Waals surface area (Å²) in [5.74, 6) is -2.17. The number of nitrogen functional groups attached to an aromatic ring is 1. The number of carboxylic acid groups (broad SMARTS) is 1. The van der Waals surface area contributed by atoms with Crippen molar-refractivity contribution >= 4 is 58.9 Å². The molecule has 0 aromatic carbocycles. The molecule has 1 fully saturated rings. The molecule has 172 valence electrons. The number of thioether (sulfide) groups is 1. The number of hydrogen-bond acceptors (Lipinski definition) is 10. The molecule has 3 heterocycles. The first kappa shape index (κ1) is 24.0. The van der Waals surface area contributed by atoms with E-state index in [2.05, 4.69) is 22.0 Å². The number of carboxylic acids is 1. The summed E-state index contributed by atoms with van der Waals surface area (Å²) in [6, 6.07) is -0.944. The van der Waals surface area contributed by atoms with Gasteiger partial charge in [0.05, 0.1) is 7.14 Å². The van der Waals surface area contributed by atoms with Gasteiger partial charge in [-0.1, -0.05) is 17.8 Å². The lowest BCUT2D eigenvalue weighted by Crippen LogP contribution is -2.71. The Labute approximate surface area is 192 Å². The monoisotopic (exact) mass is 499 g/mol. The molecular formula is C18H22N5O6PS2. The number of carbonyl (C=O) groups is 3. The Balaban J connectivity index is 1.76. The van der Waals surface area contributed by atoms with Crippen molar-refractivity contribution in [3.63, 3.8) is 0 Å². The van der Waals surface area contributed by atoms with Crippen LogP contribution in [0.2, 0.25) is 0 Å². The van der Waals surface area contributed by atoms with Gasteiger partial charge >= 0.3 is 5.97 Å². The van der Waals surface area contributed by atoms with Crippen LogP contribution in [-0.4, -0.2) is 81.8 Å². The van der Waals surface area contributed by atoms with E-state index in [1.807, 2.05) is 0 Å². The molecule has 0 radical (unpaired) electrons. The number of allylic oxidation sites excluding steroid dienone is 1. The van der Waals surface area contributed by atoms with Gasteiger partial charge in [-0.15, -0.1) is 23.1 Å². The lowest BCUT2D eigenvalue weighted by atomic mass is 10.0. The number of fused-ring (bicyclic) bond motifs is 1. The standard InChI is InChI=1S/C18H22N5O6PS2/c1-4-9-7-31-16-12(15(25)23(16)13(9)17(26)27)21-14(24)11(10-8-32-18(19)20-10)22-29-5-6-30(2,3)28/h4,8,12,16H,1,5-7H2,2-3H3,(H2,19,20)(H,21,24)(H,26,27)/b22-11-/t12-,16-/m1/s1. The smallest absolute Gasteiger partial charge is 0.352 e. The van der Waals surface area contributed by atoms with Crippen LogP contribution in [0.5, 0.6) is 0 Å². The number of oxime groups is 1. The quantitative estimate of drug-likeness (QED) is 0.148. The number of nitrogens with one attached hydrogen (secondary N) is 1. The molecule has 1 aromatic heterocycles. The van der Waals surface area contributed by atoms with Crippen LogP contribution in [0.1, 0.15) is 5.69 Å². The Morgan fingerprint density at radius 3 is 2.81 bits per heavy atom. The van der Waals surface area contributed by atoms with Crippen LogP contribution in [0.3, 0.4) is 0 Å². The van der Waals surface area contributed by atoms with Crippen molar-refractivity contribution in [1.82, 2.24) is 15.2 Å². The molecule has 0 spiro atoms. The van der Waals surface area contributed by atoms with Crippen LogP contribution < -0.4 is 11.1 Å². The maximum Gasteiger partial charge on any atom is 0.352 e. The lowest BCUT2D eigenvalue weighted by Gasteiger charge is -2.49. The van der Waals surface area contributed by atoms with Crippen LogP contribution in [0.15, 0.2) is 34.5 Å². The first-order valence-corrected chi connectivity index (χ1v) is 14.0. The molecule has 2 aliphatic rings. The SMILES string of the molecule is C=CC1=C(C(=O)O)N2C(=O)[C@@H](NC(=O)/C(=N\OCCP(C)(C)=O)c3csc(N)n3)[C@H]2SC1. The molecule has 1 aromatic rings. The van der Waals surface area contributed by atoms with E-state index < -0.39 is 36.3 Å². The van der Waals surface area contributed by atoms with Crippen molar-refractivity contribution in [2.24, 2.45) is 5.16 Å². The molecule has 2 atom stereocenters. The van der Waals surface area contributed by atoms with Gasteiger partial charge in [0.2, 0.25) is 0 Å². The third kappa shape index (κ3) is 5.05. The lowest BCUT2D eigenvalue weighted by molar-refractivity contribution is -0.150. The number of nitrogens with two attached hydrogens (primary N) is 1. The third-order valence-corrected chi connectivity index (χ3v) is 7.83. The highest BCUT2D eigenvalue weighted by molar-refractivity contribution is 8.00. The summed E-state index contributed by atoms with van der Waals surface area (Å²) in [6.45, 7) is 6.86. The third-order valence-electron chi connectivity index (χ3n) is 4.59. The molecule has 11 nitrogen and oxygen atoms in total.